The van der Waals surface area contributed by atoms with Crippen LogP contribution >= 0.6 is 0 Å². The third-order valence-electron chi connectivity index (χ3n) is 4.12. The molecular formula is C17H24O3. The van der Waals surface area contributed by atoms with E-state index in [4.69, 9.17) is 0 Å². The highest BCUT2D eigenvalue weighted by molar-refractivity contribution is 6.25. The van der Waals surface area contributed by atoms with Gasteiger partial charge in [-0.05, 0) is 20.8 Å². The van der Waals surface area contributed by atoms with Crippen molar-refractivity contribution in [3.8, 4) is 0 Å². The molecule has 3 nitrogen and oxygen atoms in total. The molecule has 0 saturated heterocycles. The molecule has 0 spiro atoms. The number of ketones is 3. The summed E-state index contributed by atoms with van der Waals surface area (Å²) in [5.41, 5.74) is 1.39. The van der Waals surface area contributed by atoms with Gasteiger partial charge in [-0.15, -0.1) is 0 Å². The molecule has 110 valence electrons. The lowest BCUT2D eigenvalue weighted by molar-refractivity contribution is -0.124. The standard InChI is InChI=1S/C17H24O3/c1-9(2)13(18)8-17(6,7)14-12(5)15(19)10(3)11(4)16(14)20/h9H,8H2,1-7H3. The fourth-order valence-electron chi connectivity index (χ4n) is 2.64. The lowest BCUT2D eigenvalue weighted by Gasteiger charge is -2.31. The zero-order chi connectivity index (χ0) is 15.8. The average molecular weight is 276 g/mol. The number of hydrogen-bond donors (Lipinski definition) is 0. The first-order valence-electron chi connectivity index (χ1n) is 7.01. The quantitative estimate of drug-likeness (QED) is 0.739. The van der Waals surface area contributed by atoms with E-state index >= 15 is 0 Å². The molecule has 0 aromatic rings. The van der Waals surface area contributed by atoms with Crippen LogP contribution in [-0.2, 0) is 14.4 Å². The molecule has 0 aromatic heterocycles. The Labute approximate surface area is 121 Å². The summed E-state index contributed by atoms with van der Waals surface area (Å²) in [4.78, 5) is 36.7. The Bertz CT molecular complexity index is 543. The van der Waals surface area contributed by atoms with Gasteiger partial charge < -0.3 is 0 Å². The molecule has 1 rings (SSSR count). The van der Waals surface area contributed by atoms with Crippen LogP contribution in [0.3, 0.4) is 0 Å². The van der Waals surface area contributed by atoms with Gasteiger partial charge in [0, 0.05) is 40.0 Å². The maximum absolute atomic E-state index is 12.5. The van der Waals surface area contributed by atoms with E-state index in [1.165, 1.54) is 0 Å². The molecule has 0 atom stereocenters. The monoisotopic (exact) mass is 276 g/mol. The first kappa shape index (κ1) is 16.5. The summed E-state index contributed by atoms with van der Waals surface area (Å²) in [6, 6.07) is 0. The normalized spacial score (nSPS) is 17.4. The van der Waals surface area contributed by atoms with Crippen LogP contribution in [0.25, 0.3) is 0 Å². The molecule has 0 unspecified atom stereocenters. The highest BCUT2D eigenvalue weighted by atomic mass is 16.1. The van der Waals surface area contributed by atoms with E-state index in [2.05, 4.69) is 0 Å². The van der Waals surface area contributed by atoms with Crippen molar-refractivity contribution in [2.24, 2.45) is 11.3 Å². The Morgan fingerprint density at radius 1 is 0.950 bits per heavy atom. The molecule has 1 aliphatic carbocycles. The van der Waals surface area contributed by atoms with Crippen LogP contribution in [0.5, 0.6) is 0 Å². The van der Waals surface area contributed by atoms with Crippen molar-refractivity contribution in [2.75, 3.05) is 0 Å². The van der Waals surface area contributed by atoms with Crippen LogP contribution in [0.2, 0.25) is 0 Å². The van der Waals surface area contributed by atoms with E-state index in [0.717, 1.165) is 0 Å². The molecule has 0 bridgehead atoms. The molecule has 0 radical (unpaired) electrons. The number of carbonyl (C=O) groups is 3. The average Bonchev–Trinajstić information content (AvgIpc) is 2.33. The van der Waals surface area contributed by atoms with Gasteiger partial charge in [-0.1, -0.05) is 27.7 Å². The predicted molar refractivity (Wildman–Crippen MR) is 79.3 cm³/mol. The third-order valence-corrected chi connectivity index (χ3v) is 4.12. The van der Waals surface area contributed by atoms with Crippen LogP contribution in [0.4, 0.5) is 0 Å². The largest absolute Gasteiger partial charge is 0.299 e. The predicted octanol–water partition coefficient (Wildman–Crippen LogP) is 3.43. The van der Waals surface area contributed by atoms with Crippen molar-refractivity contribution in [3.63, 3.8) is 0 Å². The Balaban J connectivity index is 3.27. The summed E-state index contributed by atoms with van der Waals surface area (Å²) < 4.78 is 0. The van der Waals surface area contributed by atoms with E-state index in [1.807, 2.05) is 27.7 Å². The minimum absolute atomic E-state index is 0.0667. The highest BCUT2D eigenvalue weighted by Gasteiger charge is 2.38. The van der Waals surface area contributed by atoms with Crippen molar-refractivity contribution in [1.29, 1.82) is 0 Å². The van der Waals surface area contributed by atoms with Gasteiger partial charge in [0.25, 0.3) is 0 Å². The second kappa shape index (κ2) is 5.47. The number of hydrogen-bond acceptors (Lipinski definition) is 3. The second-order valence-electron chi connectivity index (χ2n) is 6.59. The summed E-state index contributed by atoms with van der Waals surface area (Å²) in [7, 11) is 0. The van der Waals surface area contributed by atoms with Gasteiger partial charge in [-0.25, -0.2) is 0 Å². The van der Waals surface area contributed by atoms with Crippen molar-refractivity contribution < 1.29 is 14.4 Å². The molecule has 3 heteroatoms. The lowest BCUT2D eigenvalue weighted by atomic mass is 9.70. The van der Waals surface area contributed by atoms with E-state index in [0.29, 0.717) is 22.3 Å². The van der Waals surface area contributed by atoms with Gasteiger partial charge >= 0.3 is 0 Å². The summed E-state index contributed by atoms with van der Waals surface area (Å²) in [6.07, 6.45) is 0.280. The molecule has 0 aliphatic heterocycles. The second-order valence-corrected chi connectivity index (χ2v) is 6.59. The lowest BCUT2D eigenvalue weighted by Crippen LogP contribution is -2.32. The third kappa shape index (κ3) is 2.82. The van der Waals surface area contributed by atoms with Crippen LogP contribution in [0.1, 0.15) is 54.9 Å². The minimum atomic E-state index is -0.611. The molecule has 1 aliphatic rings. The molecular weight excluding hydrogens is 252 g/mol. The molecule has 20 heavy (non-hydrogen) atoms. The summed E-state index contributed by atoms with van der Waals surface area (Å²) >= 11 is 0. The molecule has 0 heterocycles. The van der Waals surface area contributed by atoms with Crippen LogP contribution in [0.15, 0.2) is 22.3 Å². The first-order valence-corrected chi connectivity index (χ1v) is 7.01. The highest BCUT2D eigenvalue weighted by Crippen LogP contribution is 2.39. The van der Waals surface area contributed by atoms with E-state index < -0.39 is 5.41 Å². The zero-order valence-electron chi connectivity index (χ0n) is 13.5. The van der Waals surface area contributed by atoms with Crippen LogP contribution in [0, 0.1) is 11.3 Å². The van der Waals surface area contributed by atoms with Gasteiger partial charge in [0.1, 0.15) is 5.78 Å². The van der Waals surface area contributed by atoms with Crippen molar-refractivity contribution in [1.82, 2.24) is 0 Å². The maximum Gasteiger partial charge on any atom is 0.186 e. The van der Waals surface area contributed by atoms with E-state index in [9.17, 15) is 14.4 Å². The number of rotatable bonds is 4. The summed E-state index contributed by atoms with van der Waals surface area (Å²) in [5.74, 6) is -0.134. The van der Waals surface area contributed by atoms with Gasteiger partial charge in [-0.3, -0.25) is 14.4 Å². The van der Waals surface area contributed by atoms with Crippen molar-refractivity contribution in [3.05, 3.63) is 22.3 Å². The van der Waals surface area contributed by atoms with Crippen LogP contribution < -0.4 is 0 Å². The molecule has 0 saturated carbocycles. The Morgan fingerprint density at radius 2 is 1.40 bits per heavy atom. The SMILES string of the molecule is CC1=C(C)C(=O)C(C(C)(C)CC(=O)C(C)C)=C(C)C1=O. The number of Topliss-reactive ketones (excluding diaryl/α,β-unsaturated/α-hetero) is 3. The van der Waals surface area contributed by atoms with E-state index in [1.54, 1.807) is 20.8 Å². The smallest absolute Gasteiger partial charge is 0.186 e. The van der Waals surface area contributed by atoms with Gasteiger partial charge in [0.05, 0.1) is 0 Å². The minimum Gasteiger partial charge on any atom is -0.299 e. The zero-order valence-corrected chi connectivity index (χ0v) is 13.5. The Kier molecular flexibility index (Phi) is 4.52. The van der Waals surface area contributed by atoms with Gasteiger partial charge in [-0.2, -0.15) is 0 Å². The molecule has 0 aromatic carbocycles. The fourth-order valence-corrected chi connectivity index (χ4v) is 2.64. The maximum atomic E-state index is 12.5. The fraction of sp³-hybridized carbons (Fsp3) is 0.588. The first-order chi connectivity index (χ1) is 9.00. The topological polar surface area (TPSA) is 51.2 Å². The summed E-state index contributed by atoms with van der Waals surface area (Å²) in [5, 5.41) is 0. The molecule has 0 N–H and O–H groups in total. The van der Waals surface area contributed by atoms with Crippen molar-refractivity contribution in [2.45, 2.75) is 54.9 Å². The van der Waals surface area contributed by atoms with E-state index in [-0.39, 0.29) is 29.7 Å². The number of allylic oxidation sites excluding steroid dienone is 4. The number of carbonyl (C=O) groups excluding carboxylic acids is 3. The van der Waals surface area contributed by atoms with Gasteiger partial charge in [0.15, 0.2) is 11.6 Å². The van der Waals surface area contributed by atoms with Crippen LogP contribution in [-0.4, -0.2) is 17.3 Å². The molecule has 0 fully saturated rings. The molecule has 0 amide bonds. The summed E-state index contributed by atoms with van der Waals surface area (Å²) in [6.45, 7) is 12.5. The Hall–Kier alpha value is -1.51. The van der Waals surface area contributed by atoms with Gasteiger partial charge in [0.2, 0.25) is 0 Å². The Morgan fingerprint density at radius 3 is 1.85 bits per heavy atom. The van der Waals surface area contributed by atoms with Crippen molar-refractivity contribution >= 4 is 17.3 Å².